The first-order chi connectivity index (χ1) is 11.7. The summed E-state index contributed by atoms with van der Waals surface area (Å²) < 4.78 is 51.4. The van der Waals surface area contributed by atoms with E-state index in [2.05, 4.69) is 20.5 Å². The number of nitrogens with zero attached hydrogens (tertiary/aromatic N) is 2. The molecule has 0 saturated carbocycles. The number of rotatable bonds is 7. The third-order valence-electron chi connectivity index (χ3n) is 3.42. The van der Waals surface area contributed by atoms with Gasteiger partial charge in [0, 0.05) is 18.0 Å². The second-order valence-corrected chi connectivity index (χ2v) is 7.43. The number of hydrogen-bond donors (Lipinski definition) is 2. The highest BCUT2D eigenvalue weighted by Crippen LogP contribution is 2.14. The molecule has 0 aliphatic rings. The van der Waals surface area contributed by atoms with Crippen LogP contribution in [0.25, 0.3) is 0 Å². The van der Waals surface area contributed by atoms with E-state index in [1.807, 2.05) is 0 Å². The van der Waals surface area contributed by atoms with Crippen LogP contribution in [0.5, 0.6) is 0 Å². The molecule has 1 heterocycles. The number of carbonyl (C=O) groups excluding carboxylic acids is 1. The number of amides is 1. The molecule has 1 aromatic carbocycles. The Bertz CT molecular complexity index is 847. The normalized spacial score (nSPS) is 12.8. The van der Waals surface area contributed by atoms with E-state index in [1.54, 1.807) is 6.92 Å². The molecule has 7 nitrogen and oxygen atoms in total. The van der Waals surface area contributed by atoms with Crippen molar-refractivity contribution in [2.24, 2.45) is 0 Å². The van der Waals surface area contributed by atoms with Gasteiger partial charge in [-0.2, -0.15) is 0 Å². The first-order valence-electron chi connectivity index (χ1n) is 7.59. The van der Waals surface area contributed by atoms with E-state index in [9.17, 15) is 22.0 Å². The van der Waals surface area contributed by atoms with Crippen molar-refractivity contribution in [1.82, 2.24) is 20.5 Å². The van der Waals surface area contributed by atoms with Gasteiger partial charge in [0.05, 0.1) is 0 Å². The molecule has 1 aromatic heterocycles. The minimum absolute atomic E-state index is 0.106. The molecular weight excluding hydrogens is 354 g/mol. The molecule has 0 aliphatic heterocycles. The first-order valence-corrected chi connectivity index (χ1v) is 9.24. The Morgan fingerprint density at radius 3 is 2.52 bits per heavy atom. The summed E-state index contributed by atoms with van der Waals surface area (Å²) in [4.78, 5) is 15.7. The zero-order valence-electron chi connectivity index (χ0n) is 13.7. The van der Waals surface area contributed by atoms with Gasteiger partial charge in [-0.25, -0.2) is 22.2 Å². The largest absolute Gasteiger partial charge is 0.352 e. The van der Waals surface area contributed by atoms with Gasteiger partial charge in [-0.1, -0.05) is 13.0 Å². The number of aromatic amines is 1. The molecule has 0 saturated heterocycles. The predicted molar refractivity (Wildman–Crippen MR) is 85.5 cm³/mol. The van der Waals surface area contributed by atoms with Gasteiger partial charge in [0.25, 0.3) is 5.16 Å². The number of carbonyl (C=O) groups is 1. The maximum atomic E-state index is 13.6. The topological polar surface area (TPSA) is 105 Å². The molecule has 0 aliphatic carbocycles. The van der Waals surface area contributed by atoms with E-state index in [-0.39, 0.29) is 12.0 Å². The molecule has 0 spiro atoms. The Balaban J connectivity index is 1.99. The summed E-state index contributed by atoms with van der Waals surface area (Å²) >= 11 is 0. The second kappa shape index (κ2) is 7.68. The second-order valence-electron chi connectivity index (χ2n) is 5.55. The lowest BCUT2D eigenvalue weighted by Gasteiger charge is -2.14. The lowest BCUT2D eigenvalue weighted by atomic mass is 10.1. The van der Waals surface area contributed by atoms with Gasteiger partial charge in [-0.05, 0) is 25.5 Å². The average Bonchev–Trinajstić information content (AvgIpc) is 3.00. The molecule has 2 aromatic rings. The highest BCUT2D eigenvalue weighted by molar-refractivity contribution is 7.91. The van der Waals surface area contributed by atoms with Crippen molar-refractivity contribution in [2.45, 2.75) is 37.9 Å². The maximum absolute atomic E-state index is 13.6. The van der Waals surface area contributed by atoms with E-state index in [0.717, 1.165) is 12.1 Å². The van der Waals surface area contributed by atoms with Gasteiger partial charge >= 0.3 is 0 Å². The SMILES string of the molecule is CCc1nc(S(=O)(=O)CC(=O)NC(C)Cc2c(F)cccc2F)n[nH]1. The van der Waals surface area contributed by atoms with Gasteiger partial charge in [0.15, 0.2) is 0 Å². The molecule has 0 fully saturated rings. The highest BCUT2D eigenvalue weighted by atomic mass is 32.2. The van der Waals surface area contributed by atoms with Crippen LogP contribution in [0.2, 0.25) is 0 Å². The summed E-state index contributed by atoms with van der Waals surface area (Å²) in [6.07, 6.45) is 0.366. The molecule has 1 unspecified atom stereocenters. The van der Waals surface area contributed by atoms with E-state index >= 15 is 0 Å². The number of H-pyrrole nitrogens is 1. The fourth-order valence-corrected chi connectivity index (χ4v) is 3.20. The third-order valence-corrected chi connectivity index (χ3v) is 4.81. The van der Waals surface area contributed by atoms with Crippen molar-refractivity contribution >= 4 is 15.7 Å². The molecule has 25 heavy (non-hydrogen) atoms. The first kappa shape index (κ1) is 19.0. The van der Waals surface area contributed by atoms with E-state index in [4.69, 9.17) is 0 Å². The minimum atomic E-state index is -4.00. The van der Waals surface area contributed by atoms with Gasteiger partial charge < -0.3 is 5.32 Å². The molecule has 136 valence electrons. The van der Waals surface area contributed by atoms with Crippen LogP contribution in [0.4, 0.5) is 8.78 Å². The van der Waals surface area contributed by atoms with Crippen molar-refractivity contribution in [1.29, 1.82) is 0 Å². The predicted octanol–water partition coefficient (Wildman–Crippen LogP) is 1.17. The monoisotopic (exact) mass is 372 g/mol. The number of hydrogen-bond acceptors (Lipinski definition) is 5. The molecule has 10 heteroatoms. The third kappa shape index (κ3) is 4.81. The lowest BCUT2D eigenvalue weighted by molar-refractivity contribution is -0.119. The molecule has 1 amide bonds. The van der Waals surface area contributed by atoms with Crippen LogP contribution in [-0.2, 0) is 27.5 Å². The number of sulfone groups is 1. The molecule has 1 atom stereocenters. The van der Waals surface area contributed by atoms with Gasteiger partial charge in [0.1, 0.15) is 23.2 Å². The van der Waals surface area contributed by atoms with Gasteiger partial charge in [0.2, 0.25) is 15.7 Å². The Morgan fingerprint density at radius 2 is 1.96 bits per heavy atom. The summed E-state index contributed by atoms with van der Waals surface area (Å²) in [5.41, 5.74) is -0.167. The average molecular weight is 372 g/mol. The Morgan fingerprint density at radius 1 is 1.32 bits per heavy atom. The minimum Gasteiger partial charge on any atom is -0.352 e. The summed E-state index contributed by atoms with van der Waals surface area (Å²) in [5, 5.41) is 8.00. The fourth-order valence-electron chi connectivity index (χ4n) is 2.21. The zero-order chi connectivity index (χ0) is 18.6. The van der Waals surface area contributed by atoms with Crippen molar-refractivity contribution < 1.29 is 22.0 Å². The Hall–Kier alpha value is -2.36. The van der Waals surface area contributed by atoms with Crippen molar-refractivity contribution in [3.05, 3.63) is 41.2 Å². The van der Waals surface area contributed by atoms with Crippen molar-refractivity contribution in [3.63, 3.8) is 0 Å². The van der Waals surface area contributed by atoms with Crippen LogP contribution >= 0.6 is 0 Å². The summed E-state index contributed by atoms with van der Waals surface area (Å²) in [6.45, 7) is 3.30. The zero-order valence-corrected chi connectivity index (χ0v) is 14.5. The number of nitrogens with one attached hydrogen (secondary N) is 2. The summed E-state index contributed by atoms with van der Waals surface area (Å²) in [5.74, 6) is -2.70. The van der Waals surface area contributed by atoms with E-state index in [1.165, 1.54) is 13.0 Å². The van der Waals surface area contributed by atoms with E-state index < -0.39 is 44.3 Å². The number of halogens is 2. The molecular formula is C15H18F2N4O3S. The molecule has 0 radical (unpaired) electrons. The maximum Gasteiger partial charge on any atom is 0.267 e. The van der Waals surface area contributed by atoms with Gasteiger partial charge in [-0.3, -0.25) is 9.89 Å². The Labute approximate surface area is 143 Å². The van der Waals surface area contributed by atoms with Crippen molar-refractivity contribution in [2.75, 3.05) is 5.75 Å². The van der Waals surface area contributed by atoms with Crippen LogP contribution in [0.15, 0.2) is 23.4 Å². The smallest absolute Gasteiger partial charge is 0.267 e. The summed E-state index contributed by atoms with van der Waals surface area (Å²) in [6, 6.07) is 2.82. The number of benzene rings is 1. The highest BCUT2D eigenvalue weighted by Gasteiger charge is 2.25. The lowest BCUT2D eigenvalue weighted by Crippen LogP contribution is -2.38. The van der Waals surface area contributed by atoms with Crippen molar-refractivity contribution in [3.8, 4) is 0 Å². The number of aromatic nitrogens is 3. The van der Waals surface area contributed by atoms with E-state index in [0.29, 0.717) is 12.2 Å². The standard InChI is InChI=1S/C15H18F2N4O3S/c1-3-13-19-15(21-20-13)25(23,24)8-14(22)18-9(2)7-10-11(16)5-4-6-12(10)17/h4-6,9H,3,7-8H2,1-2H3,(H,18,22)(H,19,20,21). The van der Waals surface area contributed by atoms with Crippen LogP contribution in [0.3, 0.4) is 0 Å². The van der Waals surface area contributed by atoms with Crippen LogP contribution in [0.1, 0.15) is 25.2 Å². The van der Waals surface area contributed by atoms with Crippen LogP contribution < -0.4 is 5.32 Å². The summed E-state index contributed by atoms with van der Waals surface area (Å²) in [7, 11) is -4.00. The van der Waals surface area contributed by atoms with Crippen LogP contribution in [0, 0.1) is 11.6 Å². The van der Waals surface area contributed by atoms with Crippen LogP contribution in [-0.4, -0.2) is 41.3 Å². The quantitative estimate of drug-likeness (QED) is 0.759. The Kier molecular flexibility index (Phi) is 5.83. The van der Waals surface area contributed by atoms with Gasteiger partial charge in [-0.15, -0.1) is 5.10 Å². The molecule has 2 rings (SSSR count). The molecule has 2 N–H and O–H groups in total. The fraction of sp³-hybridized carbons (Fsp3) is 0.400. The number of aryl methyl sites for hydroxylation is 1. The molecule has 0 bridgehead atoms.